The Labute approximate surface area is 58.2 Å². The largest absolute Gasteiger partial charge is 0.347 e. The number of carbonyl (C=O) groups is 2. The van der Waals surface area contributed by atoms with Crippen LogP contribution in [0.2, 0.25) is 0 Å². The van der Waals surface area contributed by atoms with Crippen LogP contribution in [0.25, 0.3) is 0 Å². The lowest BCUT2D eigenvalue weighted by Gasteiger charge is -2.08. The van der Waals surface area contributed by atoms with Crippen molar-refractivity contribution in [2.75, 3.05) is 6.54 Å². The Morgan fingerprint density at radius 3 is 3.00 bits per heavy atom. The standard InChI is InChI=1S/C6H7N2O2/c9-5-4-2-1-3-8(4)6(10)7-5/h4H,1-3H2/t4-/m0/s1. The molecule has 10 heavy (non-hydrogen) atoms. The molecule has 0 aliphatic carbocycles. The second kappa shape index (κ2) is 1.71. The van der Waals surface area contributed by atoms with Gasteiger partial charge in [0, 0.05) is 6.54 Å². The molecule has 0 aromatic heterocycles. The summed E-state index contributed by atoms with van der Waals surface area (Å²) >= 11 is 0. The number of carbonyl (C=O) groups excluding carboxylic acids is 2. The lowest BCUT2D eigenvalue weighted by molar-refractivity contribution is -0.121. The molecule has 2 saturated heterocycles. The van der Waals surface area contributed by atoms with E-state index in [-0.39, 0.29) is 18.0 Å². The van der Waals surface area contributed by atoms with Crippen LogP contribution in [0.1, 0.15) is 12.8 Å². The molecule has 0 N–H and O–H groups in total. The van der Waals surface area contributed by atoms with Gasteiger partial charge in [0.1, 0.15) is 6.04 Å². The summed E-state index contributed by atoms with van der Waals surface area (Å²) in [6, 6.07) is -0.542. The summed E-state index contributed by atoms with van der Waals surface area (Å²) in [5.74, 6) is -0.248. The first-order valence-corrected chi connectivity index (χ1v) is 3.35. The van der Waals surface area contributed by atoms with Gasteiger partial charge in [-0.1, -0.05) is 0 Å². The molecule has 1 radical (unpaired) electrons. The highest BCUT2D eigenvalue weighted by molar-refractivity contribution is 6.04. The summed E-state index contributed by atoms with van der Waals surface area (Å²) in [4.78, 5) is 23.2. The fourth-order valence-electron chi connectivity index (χ4n) is 1.49. The predicted molar refractivity (Wildman–Crippen MR) is 32.3 cm³/mol. The molecule has 1 atom stereocenters. The number of rotatable bonds is 0. The second-order valence-corrected chi connectivity index (χ2v) is 2.58. The average Bonchev–Trinajstić information content (AvgIpc) is 2.39. The van der Waals surface area contributed by atoms with Gasteiger partial charge in [-0.2, -0.15) is 5.32 Å². The number of hydrogen-bond acceptors (Lipinski definition) is 2. The molecule has 53 valence electrons. The molecule has 4 heteroatoms. The Morgan fingerprint density at radius 2 is 2.30 bits per heavy atom. The van der Waals surface area contributed by atoms with Crippen molar-refractivity contribution in [3.8, 4) is 0 Å². The van der Waals surface area contributed by atoms with Crippen LogP contribution in [0, 0.1) is 0 Å². The van der Waals surface area contributed by atoms with E-state index in [1.54, 1.807) is 4.90 Å². The SMILES string of the molecule is O=C1[N]C(=O)N2CCC[C@@H]12. The van der Waals surface area contributed by atoms with E-state index in [9.17, 15) is 9.59 Å². The van der Waals surface area contributed by atoms with E-state index in [1.807, 2.05) is 0 Å². The molecule has 0 aromatic carbocycles. The molecule has 0 spiro atoms. The average molecular weight is 139 g/mol. The van der Waals surface area contributed by atoms with Crippen LogP contribution >= 0.6 is 0 Å². The predicted octanol–water partition coefficient (Wildman–Crippen LogP) is -0.285. The molecule has 3 amide bonds. The third-order valence-corrected chi connectivity index (χ3v) is 1.99. The van der Waals surface area contributed by atoms with E-state index in [4.69, 9.17) is 0 Å². The lowest BCUT2D eigenvalue weighted by atomic mass is 10.2. The van der Waals surface area contributed by atoms with Crippen molar-refractivity contribution < 1.29 is 9.59 Å². The van der Waals surface area contributed by atoms with E-state index >= 15 is 0 Å². The van der Waals surface area contributed by atoms with Crippen molar-refractivity contribution in [2.24, 2.45) is 0 Å². The summed E-state index contributed by atoms with van der Waals surface area (Å²) < 4.78 is 0. The van der Waals surface area contributed by atoms with E-state index in [0.29, 0.717) is 6.54 Å². The fraction of sp³-hybridized carbons (Fsp3) is 0.667. The van der Waals surface area contributed by atoms with Gasteiger partial charge in [-0.05, 0) is 12.8 Å². The van der Waals surface area contributed by atoms with E-state index in [2.05, 4.69) is 5.32 Å². The van der Waals surface area contributed by atoms with Crippen LogP contribution in [0.5, 0.6) is 0 Å². The highest BCUT2D eigenvalue weighted by Gasteiger charge is 2.42. The summed E-state index contributed by atoms with van der Waals surface area (Å²) in [5, 5.41) is 3.32. The maximum atomic E-state index is 10.8. The topological polar surface area (TPSA) is 51.5 Å². The first kappa shape index (κ1) is 5.70. The monoisotopic (exact) mass is 139 g/mol. The minimum atomic E-state index is -0.340. The molecule has 0 unspecified atom stereocenters. The highest BCUT2D eigenvalue weighted by atomic mass is 16.2. The summed E-state index contributed by atoms with van der Waals surface area (Å²) in [6.45, 7) is 0.707. The zero-order valence-electron chi connectivity index (χ0n) is 5.41. The molecule has 2 aliphatic rings. The molecule has 0 saturated carbocycles. The van der Waals surface area contributed by atoms with Crippen molar-refractivity contribution in [1.29, 1.82) is 0 Å². The van der Waals surface area contributed by atoms with Crippen molar-refractivity contribution in [1.82, 2.24) is 10.2 Å². The van der Waals surface area contributed by atoms with Gasteiger partial charge in [-0.15, -0.1) is 0 Å². The van der Waals surface area contributed by atoms with E-state index in [1.165, 1.54) is 0 Å². The van der Waals surface area contributed by atoms with Crippen molar-refractivity contribution in [3.63, 3.8) is 0 Å². The van der Waals surface area contributed by atoms with Crippen molar-refractivity contribution in [3.05, 3.63) is 0 Å². The van der Waals surface area contributed by atoms with Crippen LogP contribution in [0.15, 0.2) is 0 Å². The highest BCUT2D eigenvalue weighted by Crippen LogP contribution is 2.21. The third kappa shape index (κ3) is 0.558. The molecule has 4 nitrogen and oxygen atoms in total. The van der Waals surface area contributed by atoms with Crippen LogP contribution in [-0.2, 0) is 4.79 Å². The summed E-state index contributed by atoms with van der Waals surface area (Å²) in [6.07, 6.45) is 1.74. The lowest BCUT2D eigenvalue weighted by Crippen LogP contribution is -2.28. The minimum absolute atomic E-state index is 0.201. The third-order valence-electron chi connectivity index (χ3n) is 1.99. The Morgan fingerprint density at radius 1 is 1.50 bits per heavy atom. The quantitative estimate of drug-likeness (QED) is 0.433. The zero-order chi connectivity index (χ0) is 7.14. The van der Waals surface area contributed by atoms with E-state index in [0.717, 1.165) is 12.8 Å². The number of urea groups is 1. The molecule has 2 aliphatic heterocycles. The summed E-state index contributed by atoms with van der Waals surface area (Å²) in [7, 11) is 0. The number of fused-ring (bicyclic) bond motifs is 1. The van der Waals surface area contributed by atoms with Gasteiger partial charge in [-0.25, -0.2) is 4.79 Å². The van der Waals surface area contributed by atoms with Gasteiger partial charge < -0.3 is 4.90 Å². The Bertz CT molecular complexity index is 182. The van der Waals surface area contributed by atoms with Gasteiger partial charge in [0.05, 0.1) is 0 Å². The second-order valence-electron chi connectivity index (χ2n) is 2.58. The zero-order valence-corrected chi connectivity index (χ0v) is 5.41. The molecule has 2 heterocycles. The maximum Gasteiger partial charge on any atom is 0.347 e. The molecule has 0 aromatic rings. The Kier molecular flexibility index (Phi) is 0.977. The van der Waals surface area contributed by atoms with E-state index < -0.39 is 0 Å². The minimum Gasteiger partial charge on any atom is -0.311 e. The smallest absolute Gasteiger partial charge is 0.311 e. The van der Waals surface area contributed by atoms with Gasteiger partial charge in [0.15, 0.2) is 0 Å². The molecular formula is C6H7N2O2. The van der Waals surface area contributed by atoms with Crippen LogP contribution in [-0.4, -0.2) is 29.4 Å². The number of hydrogen-bond donors (Lipinski definition) is 0. The normalized spacial score (nSPS) is 30.8. The number of nitrogens with zero attached hydrogens (tertiary/aromatic N) is 2. The van der Waals surface area contributed by atoms with Crippen LogP contribution in [0.3, 0.4) is 0 Å². The van der Waals surface area contributed by atoms with Gasteiger partial charge in [0.2, 0.25) is 0 Å². The van der Waals surface area contributed by atoms with Crippen LogP contribution in [0.4, 0.5) is 4.79 Å². The molecule has 2 rings (SSSR count). The molecular weight excluding hydrogens is 132 g/mol. The fourth-order valence-corrected chi connectivity index (χ4v) is 1.49. The Hall–Kier alpha value is -1.06. The first-order chi connectivity index (χ1) is 4.79. The Balaban J connectivity index is 2.27. The van der Waals surface area contributed by atoms with Crippen molar-refractivity contribution in [2.45, 2.75) is 18.9 Å². The maximum absolute atomic E-state index is 10.8. The van der Waals surface area contributed by atoms with Gasteiger partial charge >= 0.3 is 6.03 Å². The molecule has 2 fully saturated rings. The van der Waals surface area contributed by atoms with Crippen LogP contribution < -0.4 is 5.32 Å². The number of imide groups is 1. The summed E-state index contributed by atoms with van der Waals surface area (Å²) in [5.41, 5.74) is 0. The molecule has 0 bridgehead atoms. The van der Waals surface area contributed by atoms with Gasteiger partial charge in [0.25, 0.3) is 5.91 Å². The van der Waals surface area contributed by atoms with Crippen molar-refractivity contribution >= 4 is 11.9 Å². The van der Waals surface area contributed by atoms with Gasteiger partial charge in [-0.3, -0.25) is 4.79 Å². The first-order valence-electron chi connectivity index (χ1n) is 3.35. The number of amides is 3.